The smallest absolute Gasteiger partial charge is 0.338 e. The Hall–Kier alpha value is -3.70. The lowest BCUT2D eigenvalue weighted by Crippen LogP contribution is -2.39. The topological polar surface area (TPSA) is 105 Å². The van der Waals surface area contributed by atoms with Gasteiger partial charge >= 0.3 is 11.9 Å². The van der Waals surface area contributed by atoms with E-state index in [0.717, 1.165) is 5.56 Å². The summed E-state index contributed by atoms with van der Waals surface area (Å²) in [4.78, 5) is 43.4. The third-order valence-electron chi connectivity index (χ3n) is 5.82. The molecule has 1 aliphatic rings. The molecule has 0 spiro atoms. The van der Waals surface area contributed by atoms with Gasteiger partial charge in [-0.25, -0.2) is 9.79 Å². The molecule has 2 heterocycles. The maximum atomic E-state index is 13.8. The van der Waals surface area contributed by atoms with Gasteiger partial charge in [0.1, 0.15) is 5.75 Å². The molecule has 11 heteroatoms. The van der Waals surface area contributed by atoms with Gasteiger partial charge in [-0.2, -0.15) is 0 Å². The van der Waals surface area contributed by atoms with Crippen LogP contribution < -0.4 is 29.1 Å². The molecule has 3 aromatic rings. The molecule has 0 fully saturated rings. The Morgan fingerprint density at radius 3 is 2.49 bits per heavy atom. The van der Waals surface area contributed by atoms with Gasteiger partial charge in [0, 0.05) is 6.92 Å². The fourth-order valence-electron chi connectivity index (χ4n) is 4.24. The van der Waals surface area contributed by atoms with E-state index in [2.05, 4.69) is 20.9 Å². The number of allylic oxidation sites excluding steroid dienone is 1. The molecule has 0 aliphatic carbocycles. The molecular formula is C28H27BrN2O7S. The molecule has 2 aromatic carbocycles. The van der Waals surface area contributed by atoms with Gasteiger partial charge in [0.2, 0.25) is 0 Å². The molecule has 1 atom stereocenters. The minimum Gasteiger partial charge on any atom is -0.494 e. The monoisotopic (exact) mass is 614 g/mol. The van der Waals surface area contributed by atoms with E-state index >= 15 is 0 Å². The second-order valence-corrected chi connectivity index (χ2v) is 10.3. The van der Waals surface area contributed by atoms with Crippen molar-refractivity contribution in [3.63, 3.8) is 0 Å². The minimum absolute atomic E-state index is 0.191. The van der Waals surface area contributed by atoms with Crippen molar-refractivity contribution < 1.29 is 28.5 Å². The van der Waals surface area contributed by atoms with E-state index in [9.17, 15) is 14.4 Å². The van der Waals surface area contributed by atoms with Crippen molar-refractivity contribution in [2.45, 2.75) is 33.7 Å². The van der Waals surface area contributed by atoms with Crippen LogP contribution in [0.3, 0.4) is 0 Å². The van der Waals surface area contributed by atoms with Crippen LogP contribution in [-0.2, 0) is 14.3 Å². The van der Waals surface area contributed by atoms with Crippen molar-refractivity contribution in [3.05, 3.63) is 83.0 Å². The highest BCUT2D eigenvalue weighted by atomic mass is 79.9. The van der Waals surface area contributed by atoms with E-state index in [1.165, 1.54) is 29.9 Å². The second kappa shape index (κ2) is 12.0. The molecule has 0 saturated carbocycles. The zero-order valence-electron chi connectivity index (χ0n) is 22.1. The number of aromatic nitrogens is 1. The molecule has 0 amide bonds. The van der Waals surface area contributed by atoms with Crippen LogP contribution in [0.25, 0.3) is 6.08 Å². The Morgan fingerprint density at radius 1 is 1.15 bits per heavy atom. The van der Waals surface area contributed by atoms with Crippen LogP contribution >= 0.6 is 27.3 Å². The number of thiazole rings is 1. The number of carbonyl (C=O) groups excluding carboxylic acids is 2. The van der Waals surface area contributed by atoms with E-state index in [1.807, 2.05) is 19.1 Å². The highest BCUT2D eigenvalue weighted by Crippen LogP contribution is 2.37. The maximum absolute atomic E-state index is 13.8. The van der Waals surface area contributed by atoms with Crippen molar-refractivity contribution in [2.75, 3.05) is 20.3 Å². The molecule has 0 N–H and O–H groups in total. The molecule has 9 nitrogen and oxygen atoms in total. The first-order chi connectivity index (χ1) is 18.7. The number of ether oxygens (including phenoxy) is 4. The molecule has 0 saturated heterocycles. The van der Waals surface area contributed by atoms with Gasteiger partial charge in [-0.1, -0.05) is 23.5 Å². The number of hydrogen-bond donors (Lipinski definition) is 0. The molecule has 0 unspecified atom stereocenters. The third-order valence-corrected chi connectivity index (χ3v) is 7.39. The summed E-state index contributed by atoms with van der Waals surface area (Å²) in [6, 6.07) is 9.94. The van der Waals surface area contributed by atoms with Gasteiger partial charge in [0.05, 0.1) is 46.6 Å². The Labute approximate surface area is 237 Å². The Bertz CT molecular complexity index is 1640. The zero-order valence-corrected chi connectivity index (χ0v) is 24.5. The lowest BCUT2D eigenvalue weighted by Gasteiger charge is -2.24. The summed E-state index contributed by atoms with van der Waals surface area (Å²) in [6.45, 7) is 7.37. The summed E-state index contributed by atoms with van der Waals surface area (Å²) in [7, 11) is 1.46. The molecule has 0 bridgehead atoms. The molecule has 39 heavy (non-hydrogen) atoms. The highest BCUT2D eigenvalue weighted by molar-refractivity contribution is 9.10. The predicted molar refractivity (Wildman–Crippen MR) is 150 cm³/mol. The van der Waals surface area contributed by atoms with Crippen molar-refractivity contribution in [2.24, 2.45) is 4.99 Å². The number of nitrogens with zero attached hydrogens (tertiary/aromatic N) is 2. The number of benzene rings is 2. The van der Waals surface area contributed by atoms with Gasteiger partial charge in [0.15, 0.2) is 16.3 Å². The quantitative estimate of drug-likeness (QED) is 0.280. The lowest BCUT2D eigenvalue weighted by atomic mass is 9.96. The summed E-state index contributed by atoms with van der Waals surface area (Å²) >= 11 is 4.62. The van der Waals surface area contributed by atoms with Gasteiger partial charge in [-0.3, -0.25) is 14.2 Å². The summed E-state index contributed by atoms with van der Waals surface area (Å²) in [6.07, 6.45) is 1.70. The first-order valence-corrected chi connectivity index (χ1v) is 13.8. The summed E-state index contributed by atoms with van der Waals surface area (Å²) in [5.74, 6) is 0.239. The van der Waals surface area contributed by atoms with Gasteiger partial charge in [0.25, 0.3) is 5.56 Å². The summed E-state index contributed by atoms with van der Waals surface area (Å²) in [5, 5.41) is 0. The van der Waals surface area contributed by atoms with Gasteiger partial charge in [-0.15, -0.1) is 0 Å². The zero-order chi connectivity index (χ0) is 28.3. The van der Waals surface area contributed by atoms with Crippen molar-refractivity contribution in [1.82, 2.24) is 4.57 Å². The number of fused-ring (bicyclic) bond motifs is 1. The number of carbonyl (C=O) groups is 2. The Kier molecular flexibility index (Phi) is 8.71. The SMILES string of the molecule is CCOC(=O)C1=C(C)N=c2s/c(=C\c3cc(Br)c(OC(C)=O)c(OC)c3)c(=O)n2[C@@H]1c1ccc(OCC)cc1. The van der Waals surface area contributed by atoms with Crippen LogP contribution in [-0.4, -0.2) is 36.8 Å². The average Bonchev–Trinajstić information content (AvgIpc) is 3.19. The van der Waals surface area contributed by atoms with Crippen molar-refractivity contribution >= 4 is 45.3 Å². The van der Waals surface area contributed by atoms with E-state index in [-0.39, 0.29) is 17.9 Å². The van der Waals surface area contributed by atoms with Crippen LogP contribution in [0, 0.1) is 0 Å². The van der Waals surface area contributed by atoms with Crippen LogP contribution in [0.1, 0.15) is 44.9 Å². The molecule has 0 radical (unpaired) electrons. The normalized spacial score (nSPS) is 14.9. The number of methoxy groups -OCH3 is 1. The third kappa shape index (κ3) is 5.84. The van der Waals surface area contributed by atoms with Crippen LogP contribution in [0.2, 0.25) is 0 Å². The van der Waals surface area contributed by atoms with Crippen LogP contribution in [0.4, 0.5) is 0 Å². The molecule has 204 valence electrons. The second-order valence-electron chi connectivity index (χ2n) is 8.43. The van der Waals surface area contributed by atoms with E-state index < -0.39 is 18.0 Å². The molecule has 4 rings (SSSR count). The summed E-state index contributed by atoms with van der Waals surface area (Å²) < 4.78 is 24.0. The summed E-state index contributed by atoms with van der Waals surface area (Å²) in [5.41, 5.74) is 1.83. The largest absolute Gasteiger partial charge is 0.494 e. The predicted octanol–water partition coefficient (Wildman–Crippen LogP) is 3.89. The highest BCUT2D eigenvalue weighted by Gasteiger charge is 2.33. The first-order valence-electron chi connectivity index (χ1n) is 12.2. The molecule has 1 aromatic heterocycles. The van der Waals surface area contributed by atoms with Crippen molar-refractivity contribution in [1.29, 1.82) is 0 Å². The standard InChI is InChI=1S/C28H27BrN2O7S/c1-6-36-19-10-8-18(9-11-19)24-23(27(34)37-7-2)15(3)30-28-31(24)26(33)22(39-28)14-17-12-20(29)25(38-16(4)32)21(13-17)35-5/h8-14,24H,6-7H2,1-5H3/b22-14-/t24-/m1/s1. The number of rotatable bonds is 8. The maximum Gasteiger partial charge on any atom is 0.338 e. The van der Waals surface area contributed by atoms with Gasteiger partial charge in [-0.05, 0) is 78.2 Å². The number of hydrogen-bond acceptors (Lipinski definition) is 9. The first kappa shape index (κ1) is 28.3. The van der Waals surface area contributed by atoms with E-state index in [1.54, 1.807) is 44.2 Å². The van der Waals surface area contributed by atoms with E-state index in [0.29, 0.717) is 48.7 Å². The number of halogens is 1. The minimum atomic E-state index is -0.731. The Balaban J connectivity index is 1.89. The lowest BCUT2D eigenvalue weighted by molar-refractivity contribution is -0.139. The van der Waals surface area contributed by atoms with Gasteiger partial charge < -0.3 is 18.9 Å². The van der Waals surface area contributed by atoms with E-state index in [4.69, 9.17) is 18.9 Å². The fraction of sp³-hybridized carbons (Fsp3) is 0.286. The number of esters is 2. The van der Waals surface area contributed by atoms with Crippen LogP contribution in [0.15, 0.2) is 61.9 Å². The molecular weight excluding hydrogens is 588 g/mol. The molecule has 1 aliphatic heterocycles. The van der Waals surface area contributed by atoms with Crippen LogP contribution in [0.5, 0.6) is 17.2 Å². The van der Waals surface area contributed by atoms with Crippen molar-refractivity contribution in [3.8, 4) is 17.2 Å². The average molecular weight is 616 g/mol. The Morgan fingerprint density at radius 2 is 1.87 bits per heavy atom. The fourth-order valence-corrected chi connectivity index (χ4v) is 5.82.